The summed E-state index contributed by atoms with van der Waals surface area (Å²) in [5, 5.41) is 0. The summed E-state index contributed by atoms with van der Waals surface area (Å²) >= 11 is 0. The maximum Gasteiger partial charge on any atom is 0.0562 e. The topological polar surface area (TPSA) is 29.3 Å². The second-order valence-corrected chi connectivity index (χ2v) is 6.43. The molecule has 0 saturated heterocycles. The molecule has 1 aliphatic heterocycles. The van der Waals surface area contributed by atoms with Crippen LogP contribution in [0.15, 0.2) is 54.6 Å². The molecule has 0 aliphatic carbocycles. The Kier molecular flexibility index (Phi) is 4.32. The molecule has 0 saturated carbocycles. The van der Waals surface area contributed by atoms with Crippen molar-refractivity contribution in [2.45, 2.75) is 44.8 Å². The molecule has 2 N–H and O–H groups in total. The van der Waals surface area contributed by atoms with Crippen LogP contribution in [-0.2, 0) is 18.5 Å². The van der Waals surface area contributed by atoms with Gasteiger partial charge in [-0.2, -0.15) is 0 Å². The van der Waals surface area contributed by atoms with E-state index in [0.29, 0.717) is 6.04 Å². The first-order valence-corrected chi connectivity index (χ1v) is 8.30. The Morgan fingerprint density at radius 3 is 2.36 bits per heavy atom. The van der Waals surface area contributed by atoms with Gasteiger partial charge in [-0.05, 0) is 36.5 Å². The SMILES string of the molecule is CCC(N)(c1ccccc1)C(C)N1CCc2ccccc2C1. The molecule has 2 heteroatoms. The fourth-order valence-electron chi connectivity index (χ4n) is 3.66. The van der Waals surface area contributed by atoms with Crippen LogP contribution in [0, 0.1) is 0 Å². The lowest BCUT2D eigenvalue weighted by atomic mass is 9.80. The summed E-state index contributed by atoms with van der Waals surface area (Å²) in [5.74, 6) is 0. The highest BCUT2D eigenvalue weighted by molar-refractivity contribution is 5.31. The first-order valence-electron chi connectivity index (χ1n) is 8.30. The summed E-state index contributed by atoms with van der Waals surface area (Å²) in [7, 11) is 0. The molecular weight excluding hydrogens is 268 g/mol. The van der Waals surface area contributed by atoms with Gasteiger partial charge in [-0.25, -0.2) is 0 Å². The molecule has 2 aromatic carbocycles. The normalized spacial score (nSPS) is 19.2. The van der Waals surface area contributed by atoms with E-state index in [9.17, 15) is 0 Å². The number of benzene rings is 2. The minimum absolute atomic E-state index is 0.298. The zero-order valence-electron chi connectivity index (χ0n) is 13.6. The second kappa shape index (κ2) is 6.23. The maximum absolute atomic E-state index is 6.87. The van der Waals surface area contributed by atoms with Crippen LogP contribution in [0.4, 0.5) is 0 Å². The number of fused-ring (bicyclic) bond motifs is 1. The van der Waals surface area contributed by atoms with Crippen molar-refractivity contribution in [3.8, 4) is 0 Å². The second-order valence-electron chi connectivity index (χ2n) is 6.43. The first-order chi connectivity index (χ1) is 10.6. The fourth-order valence-corrected chi connectivity index (χ4v) is 3.66. The highest BCUT2D eigenvalue weighted by Crippen LogP contribution is 2.32. The smallest absolute Gasteiger partial charge is 0.0562 e. The number of hydrogen-bond donors (Lipinski definition) is 1. The molecule has 116 valence electrons. The van der Waals surface area contributed by atoms with Gasteiger partial charge in [-0.15, -0.1) is 0 Å². The molecule has 1 heterocycles. The van der Waals surface area contributed by atoms with Crippen molar-refractivity contribution in [3.05, 3.63) is 71.3 Å². The van der Waals surface area contributed by atoms with E-state index >= 15 is 0 Å². The summed E-state index contributed by atoms with van der Waals surface area (Å²) in [6.45, 7) is 6.57. The van der Waals surface area contributed by atoms with E-state index in [1.807, 2.05) is 0 Å². The van der Waals surface area contributed by atoms with E-state index in [0.717, 1.165) is 25.9 Å². The highest BCUT2D eigenvalue weighted by Gasteiger charge is 2.36. The van der Waals surface area contributed by atoms with Crippen molar-refractivity contribution in [3.63, 3.8) is 0 Å². The number of nitrogens with two attached hydrogens (primary N) is 1. The molecule has 2 atom stereocenters. The van der Waals surface area contributed by atoms with E-state index in [2.05, 4.69) is 73.3 Å². The average molecular weight is 294 g/mol. The molecule has 0 bridgehead atoms. The van der Waals surface area contributed by atoms with Crippen molar-refractivity contribution in [2.24, 2.45) is 5.73 Å². The Labute approximate surface area is 134 Å². The third-order valence-electron chi connectivity index (χ3n) is 5.35. The molecule has 22 heavy (non-hydrogen) atoms. The summed E-state index contributed by atoms with van der Waals surface area (Å²) in [6.07, 6.45) is 2.06. The zero-order valence-corrected chi connectivity index (χ0v) is 13.6. The third-order valence-corrected chi connectivity index (χ3v) is 5.35. The van der Waals surface area contributed by atoms with E-state index in [1.54, 1.807) is 0 Å². The van der Waals surface area contributed by atoms with E-state index in [4.69, 9.17) is 5.73 Å². The van der Waals surface area contributed by atoms with Gasteiger partial charge in [0.05, 0.1) is 5.54 Å². The Morgan fingerprint density at radius 1 is 1.05 bits per heavy atom. The summed E-state index contributed by atoms with van der Waals surface area (Å²) in [4.78, 5) is 2.54. The van der Waals surface area contributed by atoms with Gasteiger partial charge >= 0.3 is 0 Å². The summed E-state index contributed by atoms with van der Waals surface area (Å²) in [5.41, 5.74) is 10.8. The monoisotopic (exact) mass is 294 g/mol. The van der Waals surface area contributed by atoms with Gasteiger partial charge in [0.15, 0.2) is 0 Å². The Morgan fingerprint density at radius 2 is 1.68 bits per heavy atom. The third kappa shape index (κ3) is 2.69. The molecule has 0 amide bonds. The van der Waals surface area contributed by atoms with Gasteiger partial charge in [0.1, 0.15) is 0 Å². The van der Waals surface area contributed by atoms with Crippen LogP contribution < -0.4 is 5.73 Å². The van der Waals surface area contributed by atoms with Gasteiger partial charge in [0, 0.05) is 19.1 Å². The maximum atomic E-state index is 6.87. The summed E-state index contributed by atoms with van der Waals surface area (Å²) < 4.78 is 0. The predicted molar refractivity (Wildman–Crippen MR) is 92.6 cm³/mol. The Balaban J connectivity index is 1.85. The van der Waals surface area contributed by atoms with Crippen LogP contribution in [-0.4, -0.2) is 17.5 Å². The molecule has 2 unspecified atom stereocenters. The van der Waals surface area contributed by atoms with Crippen molar-refractivity contribution < 1.29 is 0 Å². The number of rotatable bonds is 4. The lowest BCUT2D eigenvalue weighted by Gasteiger charge is -2.44. The molecule has 3 rings (SSSR count). The van der Waals surface area contributed by atoms with E-state index < -0.39 is 0 Å². The number of nitrogens with zero attached hydrogens (tertiary/aromatic N) is 1. The van der Waals surface area contributed by atoms with Gasteiger partial charge in [-0.1, -0.05) is 61.5 Å². The minimum atomic E-state index is -0.298. The van der Waals surface area contributed by atoms with Crippen molar-refractivity contribution in [1.82, 2.24) is 4.90 Å². The van der Waals surface area contributed by atoms with Crippen LogP contribution in [0.1, 0.15) is 37.0 Å². The quantitative estimate of drug-likeness (QED) is 0.931. The van der Waals surface area contributed by atoms with Crippen LogP contribution in [0.5, 0.6) is 0 Å². The van der Waals surface area contributed by atoms with Crippen molar-refractivity contribution in [2.75, 3.05) is 6.54 Å². The molecule has 0 spiro atoms. The Hall–Kier alpha value is -1.64. The molecule has 2 nitrogen and oxygen atoms in total. The fraction of sp³-hybridized carbons (Fsp3) is 0.400. The zero-order chi connectivity index (χ0) is 15.6. The first kappa shape index (κ1) is 15.3. The standard InChI is InChI=1S/C20H26N2/c1-3-20(21,19-11-5-4-6-12-19)16(2)22-14-13-17-9-7-8-10-18(17)15-22/h4-12,16H,3,13-15,21H2,1-2H3. The molecule has 0 aromatic heterocycles. The van der Waals surface area contributed by atoms with E-state index in [1.165, 1.54) is 16.7 Å². The average Bonchev–Trinajstić information content (AvgIpc) is 2.60. The van der Waals surface area contributed by atoms with Gasteiger partial charge in [0.2, 0.25) is 0 Å². The molecule has 1 aliphatic rings. The van der Waals surface area contributed by atoms with Gasteiger partial charge in [-0.3, -0.25) is 4.90 Å². The molecule has 0 radical (unpaired) electrons. The lowest BCUT2D eigenvalue weighted by Crippen LogP contribution is -2.55. The van der Waals surface area contributed by atoms with Crippen molar-refractivity contribution >= 4 is 0 Å². The predicted octanol–water partition coefficient (Wildman–Crippen LogP) is 3.70. The van der Waals surface area contributed by atoms with E-state index in [-0.39, 0.29) is 5.54 Å². The van der Waals surface area contributed by atoms with Gasteiger partial charge < -0.3 is 5.73 Å². The van der Waals surface area contributed by atoms with Crippen LogP contribution in [0.25, 0.3) is 0 Å². The minimum Gasteiger partial charge on any atom is -0.320 e. The summed E-state index contributed by atoms with van der Waals surface area (Å²) in [6, 6.07) is 19.7. The molecule has 2 aromatic rings. The highest BCUT2D eigenvalue weighted by atomic mass is 15.2. The molecular formula is C20H26N2. The lowest BCUT2D eigenvalue weighted by molar-refractivity contribution is 0.114. The van der Waals surface area contributed by atoms with Crippen LogP contribution in [0.3, 0.4) is 0 Å². The van der Waals surface area contributed by atoms with Crippen LogP contribution >= 0.6 is 0 Å². The Bertz CT molecular complexity index is 623. The number of hydrogen-bond acceptors (Lipinski definition) is 2. The van der Waals surface area contributed by atoms with Gasteiger partial charge in [0.25, 0.3) is 0 Å². The van der Waals surface area contributed by atoms with Crippen LogP contribution in [0.2, 0.25) is 0 Å². The molecule has 0 fully saturated rings. The van der Waals surface area contributed by atoms with Crippen molar-refractivity contribution in [1.29, 1.82) is 0 Å². The largest absolute Gasteiger partial charge is 0.320 e.